The molecule has 2 N–H and O–H groups in total. The van der Waals surface area contributed by atoms with Gasteiger partial charge in [0, 0.05) is 12.2 Å². The quantitative estimate of drug-likeness (QED) is 0.441. The van der Waals surface area contributed by atoms with Crippen molar-refractivity contribution in [2.24, 2.45) is 0 Å². The van der Waals surface area contributed by atoms with Gasteiger partial charge in [0.25, 0.3) is 0 Å². The summed E-state index contributed by atoms with van der Waals surface area (Å²) in [5, 5.41) is 6.51. The number of anilines is 1. The molecule has 29 heavy (non-hydrogen) atoms. The minimum Gasteiger partial charge on any atom is -0.467 e. The molecule has 0 fully saturated rings. The molecule has 0 bridgehead atoms. The highest BCUT2D eigenvalue weighted by molar-refractivity contribution is 5.79. The monoisotopic (exact) mass is 404 g/mol. The Kier molecular flexibility index (Phi) is 8.58. The molecule has 4 nitrogen and oxygen atoms in total. The summed E-state index contributed by atoms with van der Waals surface area (Å²) in [7, 11) is 1.37. The number of aryl methyl sites for hydroxylation is 3. The van der Waals surface area contributed by atoms with E-state index in [1.165, 1.54) is 13.2 Å². The maximum atomic E-state index is 13.8. The highest BCUT2D eigenvalue weighted by Crippen LogP contribution is 2.20. The zero-order chi connectivity index (χ0) is 21.4. The second kappa shape index (κ2) is 10.9. The van der Waals surface area contributed by atoms with Crippen molar-refractivity contribution in [2.75, 3.05) is 19.0 Å². The minimum atomic E-state index is -0.482. The van der Waals surface area contributed by atoms with Crippen LogP contribution < -0.4 is 10.6 Å². The van der Waals surface area contributed by atoms with Crippen molar-refractivity contribution >= 4 is 11.7 Å². The molecule has 0 saturated carbocycles. The molecular weight excluding hydrogens is 374 g/mol. The standard InChI is InChI=1S/C23H30F2N2O2/c1-15-11-18(8-9-20(15)24)14-26-10-6-5-7-21(23(28)29-4)27-19-12-16(2)22(25)17(3)13-19/h8-9,11-13,21,26-27H,5-7,10,14H2,1-4H3. The van der Waals surface area contributed by atoms with Crippen LogP contribution in [-0.2, 0) is 16.1 Å². The van der Waals surface area contributed by atoms with Gasteiger partial charge >= 0.3 is 5.97 Å². The van der Waals surface area contributed by atoms with Crippen LogP contribution in [0.4, 0.5) is 14.5 Å². The number of hydrogen-bond acceptors (Lipinski definition) is 4. The highest BCUT2D eigenvalue weighted by Gasteiger charge is 2.19. The van der Waals surface area contributed by atoms with Gasteiger partial charge in [0.05, 0.1) is 7.11 Å². The Morgan fingerprint density at radius 3 is 2.34 bits per heavy atom. The molecule has 0 aliphatic heterocycles. The molecule has 2 aromatic carbocycles. The molecule has 0 aliphatic rings. The van der Waals surface area contributed by atoms with Crippen LogP contribution in [0.1, 0.15) is 41.5 Å². The van der Waals surface area contributed by atoms with Crippen LogP contribution in [0.25, 0.3) is 0 Å². The lowest BCUT2D eigenvalue weighted by Crippen LogP contribution is -2.31. The van der Waals surface area contributed by atoms with E-state index in [1.807, 2.05) is 6.07 Å². The smallest absolute Gasteiger partial charge is 0.328 e. The minimum absolute atomic E-state index is 0.193. The first-order valence-corrected chi connectivity index (χ1v) is 9.88. The summed E-state index contributed by atoms with van der Waals surface area (Å²) < 4.78 is 32.0. The number of halogens is 2. The summed E-state index contributed by atoms with van der Waals surface area (Å²) in [6, 6.07) is 8.02. The normalized spacial score (nSPS) is 11.9. The van der Waals surface area contributed by atoms with E-state index in [2.05, 4.69) is 10.6 Å². The predicted molar refractivity (Wildman–Crippen MR) is 112 cm³/mol. The van der Waals surface area contributed by atoms with Crippen LogP contribution in [-0.4, -0.2) is 25.7 Å². The van der Waals surface area contributed by atoms with Crippen LogP contribution in [0.3, 0.4) is 0 Å². The number of ether oxygens (including phenoxy) is 1. The third-order valence-corrected chi connectivity index (χ3v) is 4.91. The second-order valence-electron chi connectivity index (χ2n) is 7.40. The number of benzene rings is 2. The number of unbranched alkanes of at least 4 members (excludes halogenated alkanes) is 1. The van der Waals surface area contributed by atoms with E-state index in [9.17, 15) is 13.6 Å². The molecular formula is C23H30F2N2O2. The molecule has 0 aliphatic carbocycles. The third-order valence-electron chi connectivity index (χ3n) is 4.91. The fourth-order valence-electron chi connectivity index (χ4n) is 3.27. The first-order chi connectivity index (χ1) is 13.8. The summed E-state index contributed by atoms with van der Waals surface area (Å²) in [5.41, 5.74) is 3.47. The zero-order valence-corrected chi connectivity index (χ0v) is 17.6. The number of hydrogen-bond donors (Lipinski definition) is 2. The topological polar surface area (TPSA) is 50.4 Å². The Morgan fingerprint density at radius 2 is 1.72 bits per heavy atom. The van der Waals surface area contributed by atoms with Crippen molar-refractivity contribution in [1.29, 1.82) is 0 Å². The molecule has 1 atom stereocenters. The lowest BCUT2D eigenvalue weighted by molar-refractivity contribution is -0.141. The fraction of sp³-hybridized carbons (Fsp3) is 0.435. The van der Waals surface area contributed by atoms with Gasteiger partial charge in [-0.3, -0.25) is 0 Å². The molecule has 2 rings (SSSR count). The van der Waals surface area contributed by atoms with Gasteiger partial charge in [-0.1, -0.05) is 12.1 Å². The van der Waals surface area contributed by atoms with Crippen LogP contribution in [0.15, 0.2) is 30.3 Å². The number of methoxy groups -OCH3 is 1. The van der Waals surface area contributed by atoms with Gasteiger partial charge in [-0.05, 0) is 87.0 Å². The lowest BCUT2D eigenvalue weighted by Gasteiger charge is -2.19. The number of nitrogens with one attached hydrogen (secondary N) is 2. The Labute approximate surface area is 171 Å². The van der Waals surface area contributed by atoms with Gasteiger partial charge in [-0.2, -0.15) is 0 Å². The first kappa shape index (κ1) is 22.8. The lowest BCUT2D eigenvalue weighted by atomic mass is 10.1. The average Bonchev–Trinajstić information content (AvgIpc) is 2.69. The summed E-state index contributed by atoms with van der Waals surface area (Å²) >= 11 is 0. The number of carbonyl (C=O) groups is 1. The van der Waals surface area contributed by atoms with E-state index in [-0.39, 0.29) is 17.6 Å². The summed E-state index contributed by atoms with van der Waals surface area (Å²) in [6.07, 6.45) is 2.32. The van der Waals surface area contributed by atoms with Crippen molar-refractivity contribution < 1.29 is 18.3 Å². The first-order valence-electron chi connectivity index (χ1n) is 9.88. The molecule has 6 heteroatoms. The Morgan fingerprint density at radius 1 is 1.03 bits per heavy atom. The van der Waals surface area contributed by atoms with Crippen molar-refractivity contribution in [2.45, 2.75) is 52.6 Å². The molecule has 0 amide bonds. The molecule has 0 radical (unpaired) electrons. The van der Waals surface area contributed by atoms with E-state index in [4.69, 9.17) is 4.74 Å². The summed E-state index contributed by atoms with van der Waals surface area (Å²) in [4.78, 5) is 12.1. The van der Waals surface area contributed by atoms with Crippen molar-refractivity contribution in [3.8, 4) is 0 Å². The molecule has 158 valence electrons. The van der Waals surface area contributed by atoms with Gasteiger partial charge in [-0.15, -0.1) is 0 Å². The number of carbonyl (C=O) groups excluding carboxylic acids is 1. The third kappa shape index (κ3) is 6.82. The number of esters is 1. The van der Waals surface area contributed by atoms with Crippen molar-refractivity contribution in [3.63, 3.8) is 0 Å². The molecule has 0 spiro atoms. The SMILES string of the molecule is COC(=O)C(CCCCNCc1ccc(F)c(C)c1)Nc1cc(C)c(F)c(C)c1. The second-order valence-corrected chi connectivity index (χ2v) is 7.40. The molecule has 1 unspecified atom stereocenters. The van der Waals surface area contributed by atoms with E-state index in [0.29, 0.717) is 35.3 Å². The van der Waals surface area contributed by atoms with Gasteiger partial charge in [0.15, 0.2) is 0 Å². The summed E-state index contributed by atoms with van der Waals surface area (Å²) in [6.45, 7) is 6.62. The molecule has 2 aromatic rings. The van der Waals surface area contributed by atoms with E-state index < -0.39 is 6.04 Å². The number of rotatable bonds is 10. The Bertz CT molecular complexity index is 817. The maximum absolute atomic E-state index is 13.8. The van der Waals surface area contributed by atoms with Gasteiger partial charge in [-0.25, -0.2) is 13.6 Å². The Balaban J connectivity index is 1.80. The van der Waals surface area contributed by atoms with Crippen LogP contribution in [0.2, 0.25) is 0 Å². The van der Waals surface area contributed by atoms with Crippen molar-refractivity contribution in [1.82, 2.24) is 5.32 Å². The van der Waals surface area contributed by atoms with E-state index in [0.717, 1.165) is 24.9 Å². The molecule has 0 aromatic heterocycles. The molecule has 0 heterocycles. The van der Waals surface area contributed by atoms with Gasteiger partial charge < -0.3 is 15.4 Å². The largest absolute Gasteiger partial charge is 0.467 e. The van der Waals surface area contributed by atoms with Crippen LogP contribution in [0.5, 0.6) is 0 Å². The van der Waals surface area contributed by atoms with Crippen LogP contribution >= 0.6 is 0 Å². The summed E-state index contributed by atoms with van der Waals surface area (Å²) in [5.74, 6) is -0.756. The molecule has 0 saturated heterocycles. The fourth-order valence-corrected chi connectivity index (χ4v) is 3.27. The highest BCUT2D eigenvalue weighted by atomic mass is 19.1. The van der Waals surface area contributed by atoms with Gasteiger partial charge in [0.1, 0.15) is 17.7 Å². The van der Waals surface area contributed by atoms with Crippen LogP contribution in [0, 0.1) is 32.4 Å². The average molecular weight is 405 g/mol. The Hall–Kier alpha value is -2.47. The van der Waals surface area contributed by atoms with Crippen molar-refractivity contribution in [3.05, 3.63) is 64.2 Å². The van der Waals surface area contributed by atoms with E-state index in [1.54, 1.807) is 39.0 Å². The maximum Gasteiger partial charge on any atom is 0.328 e. The van der Waals surface area contributed by atoms with E-state index >= 15 is 0 Å². The zero-order valence-electron chi connectivity index (χ0n) is 17.6. The van der Waals surface area contributed by atoms with Gasteiger partial charge in [0.2, 0.25) is 0 Å². The predicted octanol–water partition coefficient (Wildman–Crippen LogP) is 4.80.